The molecule has 0 bridgehead atoms. The van der Waals surface area contributed by atoms with Gasteiger partial charge in [-0.3, -0.25) is 4.79 Å². The minimum atomic E-state index is -4.04. The predicted octanol–water partition coefficient (Wildman–Crippen LogP) is 3.22. The van der Waals surface area contributed by atoms with Gasteiger partial charge in [0.15, 0.2) is 0 Å². The van der Waals surface area contributed by atoms with Gasteiger partial charge in [-0.2, -0.15) is 0 Å². The van der Waals surface area contributed by atoms with Crippen LogP contribution >= 0.6 is 0 Å². The van der Waals surface area contributed by atoms with E-state index in [-0.39, 0.29) is 4.90 Å². The molecule has 6 nitrogen and oxygen atoms in total. The van der Waals surface area contributed by atoms with E-state index in [4.69, 9.17) is 9.47 Å². The number of hydrogen-bond acceptors (Lipinski definition) is 5. The highest BCUT2D eigenvalue weighted by Gasteiger charge is 2.33. The molecule has 0 fully saturated rings. The van der Waals surface area contributed by atoms with Crippen molar-refractivity contribution in [1.82, 2.24) is 4.72 Å². The van der Waals surface area contributed by atoms with Gasteiger partial charge in [-0.15, -0.1) is 0 Å². The van der Waals surface area contributed by atoms with Crippen molar-refractivity contribution in [2.75, 3.05) is 13.7 Å². The van der Waals surface area contributed by atoms with E-state index in [1.807, 2.05) is 18.2 Å². The third-order valence-electron chi connectivity index (χ3n) is 4.85. The number of amides is 1. The number of rotatable bonds is 4. The van der Waals surface area contributed by atoms with Crippen LogP contribution in [-0.4, -0.2) is 28.0 Å². The molecule has 0 aromatic heterocycles. The van der Waals surface area contributed by atoms with Crippen LogP contribution in [0, 0.1) is 0 Å². The summed E-state index contributed by atoms with van der Waals surface area (Å²) >= 11 is 0. The summed E-state index contributed by atoms with van der Waals surface area (Å²) in [6.07, 6.45) is 0.365. The third kappa shape index (κ3) is 3.18. The topological polar surface area (TPSA) is 81.7 Å². The number of sulfonamides is 1. The molecule has 0 aliphatic carbocycles. The fourth-order valence-electron chi connectivity index (χ4n) is 3.55. The number of carbonyl (C=O) groups is 1. The first-order chi connectivity index (χ1) is 13.5. The summed E-state index contributed by atoms with van der Waals surface area (Å²) in [5.74, 6) is -0.236. The maximum absolute atomic E-state index is 13.0. The molecule has 3 aromatic rings. The van der Waals surface area contributed by atoms with Crippen molar-refractivity contribution in [3.8, 4) is 11.5 Å². The maximum atomic E-state index is 13.0. The molecular weight excluding hydrogens is 378 g/mol. The van der Waals surface area contributed by atoms with Crippen LogP contribution < -0.4 is 14.2 Å². The average Bonchev–Trinajstić information content (AvgIpc) is 2.72. The molecule has 28 heavy (non-hydrogen) atoms. The summed E-state index contributed by atoms with van der Waals surface area (Å²) in [6.45, 7) is 0.326. The van der Waals surface area contributed by atoms with Crippen molar-refractivity contribution in [3.05, 3.63) is 66.2 Å². The van der Waals surface area contributed by atoms with Crippen molar-refractivity contribution >= 4 is 26.7 Å². The fraction of sp³-hybridized carbons (Fsp3) is 0.190. The normalized spacial score (nSPS) is 16.1. The molecule has 0 spiro atoms. The van der Waals surface area contributed by atoms with E-state index < -0.39 is 21.8 Å². The molecular formula is C21H19NO5S. The van der Waals surface area contributed by atoms with Gasteiger partial charge in [-0.25, -0.2) is 13.1 Å². The van der Waals surface area contributed by atoms with Crippen LogP contribution in [0.1, 0.15) is 17.9 Å². The Hall–Kier alpha value is -3.06. The Morgan fingerprint density at radius 3 is 2.64 bits per heavy atom. The SMILES string of the molecule is COc1cccc2c1[C@@H](C(=O)NS(=O)(=O)c1cccc3ccccc13)CCO2. The van der Waals surface area contributed by atoms with E-state index in [1.54, 1.807) is 36.4 Å². The van der Waals surface area contributed by atoms with E-state index in [0.29, 0.717) is 35.5 Å². The predicted molar refractivity (Wildman–Crippen MR) is 105 cm³/mol. The zero-order valence-corrected chi connectivity index (χ0v) is 16.0. The molecule has 0 saturated carbocycles. The Morgan fingerprint density at radius 2 is 1.82 bits per heavy atom. The van der Waals surface area contributed by atoms with Gasteiger partial charge in [0.2, 0.25) is 5.91 Å². The van der Waals surface area contributed by atoms with Gasteiger partial charge >= 0.3 is 0 Å². The second-order valence-corrected chi connectivity index (χ2v) is 8.16. The van der Waals surface area contributed by atoms with Crippen LogP contribution in [0.4, 0.5) is 0 Å². The highest BCUT2D eigenvalue weighted by molar-refractivity contribution is 7.90. The first-order valence-corrected chi connectivity index (χ1v) is 10.3. The number of benzene rings is 3. The molecule has 1 heterocycles. The lowest BCUT2D eigenvalue weighted by atomic mass is 9.92. The number of carbonyl (C=O) groups excluding carboxylic acids is 1. The van der Waals surface area contributed by atoms with Crippen molar-refractivity contribution in [3.63, 3.8) is 0 Å². The van der Waals surface area contributed by atoms with Gasteiger partial charge in [0.25, 0.3) is 10.0 Å². The molecule has 7 heteroatoms. The monoisotopic (exact) mass is 397 g/mol. The Kier molecular flexibility index (Phi) is 4.68. The van der Waals surface area contributed by atoms with Gasteiger partial charge in [-0.05, 0) is 30.0 Å². The summed E-state index contributed by atoms with van der Waals surface area (Å²) < 4.78 is 39.2. The minimum Gasteiger partial charge on any atom is -0.496 e. The van der Waals surface area contributed by atoms with Gasteiger partial charge in [0, 0.05) is 10.9 Å². The van der Waals surface area contributed by atoms with Gasteiger partial charge in [0.05, 0.1) is 24.5 Å². The Labute approximate surface area is 163 Å². The molecule has 1 aliphatic heterocycles. The number of fused-ring (bicyclic) bond motifs is 2. The van der Waals surface area contributed by atoms with E-state index in [2.05, 4.69) is 4.72 Å². The maximum Gasteiger partial charge on any atom is 0.264 e. The molecule has 1 atom stereocenters. The number of hydrogen-bond donors (Lipinski definition) is 1. The van der Waals surface area contributed by atoms with Crippen LogP contribution in [0.2, 0.25) is 0 Å². The van der Waals surface area contributed by atoms with Crippen molar-refractivity contribution < 1.29 is 22.7 Å². The van der Waals surface area contributed by atoms with Gasteiger partial charge < -0.3 is 9.47 Å². The fourth-order valence-corrected chi connectivity index (χ4v) is 4.80. The Balaban J connectivity index is 1.70. The molecule has 3 aromatic carbocycles. The highest BCUT2D eigenvalue weighted by Crippen LogP contribution is 2.40. The van der Waals surface area contributed by atoms with E-state index >= 15 is 0 Å². The molecule has 1 N–H and O–H groups in total. The van der Waals surface area contributed by atoms with Crippen LogP contribution in [0.3, 0.4) is 0 Å². The lowest BCUT2D eigenvalue weighted by Gasteiger charge is -2.26. The van der Waals surface area contributed by atoms with Crippen molar-refractivity contribution in [2.24, 2.45) is 0 Å². The van der Waals surface area contributed by atoms with Crippen LogP contribution in [0.5, 0.6) is 11.5 Å². The zero-order valence-electron chi connectivity index (χ0n) is 15.2. The summed E-state index contributed by atoms with van der Waals surface area (Å²) in [4.78, 5) is 13.0. The number of ether oxygens (including phenoxy) is 2. The molecule has 0 unspecified atom stereocenters. The molecule has 0 saturated heterocycles. The molecule has 1 aliphatic rings. The van der Waals surface area contributed by atoms with Crippen molar-refractivity contribution in [2.45, 2.75) is 17.2 Å². The molecule has 1 amide bonds. The number of methoxy groups -OCH3 is 1. The summed E-state index contributed by atoms with van der Waals surface area (Å²) in [7, 11) is -2.53. The quantitative estimate of drug-likeness (QED) is 0.731. The minimum absolute atomic E-state index is 0.0752. The van der Waals surface area contributed by atoms with Crippen LogP contribution in [-0.2, 0) is 14.8 Å². The average molecular weight is 397 g/mol. The summed E-state index contributed by atoms with van der Waals surface area (Å²) in [6, 6.07) is 17.4. The van der Waals surface area contributed by atoms with Crippen molar-refractivity contribution in [1.29, 1.82) is 0 Å². The molecule has 4 rings (SSSR count). The first-order valence-electron chi connectivity index (χ1n) is 8.85. The zero-order chi connectivity index (χ0) is 19.7. The van der Waals surface area contributed by atoms with Crippen LogP contribution in [0.25, 0.3) is 10.8 Å². The molecule has 144 valence electrons. The first kappa shape index (κ1) is 18.3. The lowest BCUT2D eigenvalue weighted by Crippen LogP contribution is -2.36. The van der Waals surface area contributed by atoms with E-state index in [9.17, 15) is 13.2 Å². The standard InChI is InChI=1S/C21H19NO5S/c1-26-17-9-5-10-18-20(17)16(12-13-27-18)21(23)22-28(24,25)19-11-4-7-14-6-2-3-8-15(14)19/h2-11,16H,12-13H2,1H3,(H,22,23)/t16-/m0/s1. The Bertz CT molecular complexity index is 1140. The highest BCUT2D eigenvalue weighted by atomic mass is 32.2. The van der Waals surface area contributed by atoms with E-state index in [1.165, 1.54) is 13.2 Å². The third-order valence-corrected chi connectivity index (χ3v) is 6.25. The number of nitrogens with one attached hydrogen (secondary N) is 1. The smallest absolute Gasteiger partial charge is 0.264 e. The summed E-state index contributed by atoms with van der Waals surface area (Å²) in [5.41, 5.74) is 0.571. The van der Waals surface area contributed by atoms with Crippen LogP contribution in [0.15, 0.2) is 65.6 Å². The molecule has 0 radical (unpaired) electrons. The van der Waals surface area contributed by atoms with E-state index in [0.717, 1.165) is 5.39 Å². The largest absolute Gasteiger partial charge is 0.496 e. The second-order valence-electron chi connectivity index (χ2n) is 6.51. The lowest BCUT2D eigenvalue weighted by molar-refractivity contribution is -0.121. The van der Waals surface area contributed by atoms with Gasteiger partial charge in [-0.1, -0.05) is 42.5 Å². The second kappa shape index (κ2) is 7.16. The summed E-state index contributed by atoms with van der Waals surface area (Å²) in [5, 5.41) is 1.35. The van der Waals surface area contributed by atoms with Gasteiger partial charge in [0.1, 0.15) is 11.5 Å². The Morgan fingerprint density at radius 1 is 1.07 bits per heavy atom.